The van der Waals surface area contributed by atoms with Gasteiger partial charge in [-0.2, -0.15) is 0 Å². The summed E-state index contributed by atoms with van der Waals surface area (Å²) in [7, 11) is 0. The molecule has 8 heteroatoms. The fourth-order valence-corrected chi connectivity index (χ4v) is 3.92. The predicted molar refractivity (Wildman–Crippen MR) is 89.4 cm³/mol. The summed E-state index contributed by atoms with van der Waals surface area (Å²) in [4.78, 5) is 34.1. The van der Waals surface area contributed by atoms with Crippen LogP contribution in [0.3, 0.4) is 0 Å². The van der Waals surface area contributed by atoms with Gasteiger partial charge >= 0.3 is 6.03 Å². The van der Waals surface area contributed by atoms with Crippen LogP contribution in [0.5, 0.6) is 0 Å². The number of aromatic nitrogens is 2. The molecule has 1 atom stereocenters. The van der Waals surface area contributed by atoms with Gasteiger partial charge in [-0.3, -0.25) is 10.1 Å². The highest BCUT2D eigenvalue weighted by atomic mass is 32.2. The van der Waals surface area contributed by atoms with Crippen molar-refractivity contribution in [3.8, 4) is 0 Å². The van der Waals surface area contributed by atoms with Gasteiger partial charge in [0.1, 0.15) is 16.2 Å². The van der Waals surface area contributed by atoms with Crippen LogP contribution < -0.4 is 10.6 Å². The largest absolute Gasteiger partial charge is 0.338 e. The van der Waals surface area contributed by atoms with Gasteiger partial charge in [-0.05, 0) is 33.3 Å². The Kier molecular flexibility index (Phi) is 5.36. The van der Waals surface area contributed by atoms with Crippen molar-refractivity contribution >= 4 is 45.3 Å². The van der Waals surface area contributed by atoms with Crippen LogP contribution in [0.15, 0.2) is 11.4 Å². The number of urea groups is 1. The standard InChI is InChI=1S/C14H18N4O2S2/c1-5-15-14(20)18-11(19)9(4)22-13-10-7(2)8(3)21-12(10)16-6-17-13/h6,9H,5H2,1-4H3,(H2,15,18,19,20)/t9-/m1/s1. The van der Waals surface area contributed by atoms with E-state index in [4.69, 9.17) is 0 Å². The summed E-state index contributed by atoms with van der Waals surface area (Å²) in [5.74, 6) is -0.340. The Balaban J connectivity index is 2.16. The Hall–Kier alpha value is -1.67. The number of nitrogens with zero attached hydrogens (tertiary/aromatic N) is 2. The minimum absolute atomic E-state index is 0.340. The van der Waals surface area contributed by atoms with E-state index in [-0.39, 0.29) is 5.91 Å². The first-order valence-corrected chi connectivity index (χ1v) is 8.59. The number of amides is 3. The molecule has 0 aliphatic carbocycles. The van der Waals surface area contributed by atoms with Crippen LogP contribution in [-0.2, 0) is 4.79 Å². The molecule has 0 aliphatic heterocycles. The highest BCUT2D eigenvalue weighted by Crippen LogP contribution is 2.35. The van der Waals surface area contributed by atoms with Crippen molar-refractivity contribution in [3.63, 3.8) is 0 Å². The smallest absolute Gasteiger partial charge is 0.321 e. The summed E-state index contributed by atoms with van der Waals surface area (Å²) in [6.45, 7) is 8.09. The molecule has 0 radical (unpaired) electrons. The topological polar surface area (TPSA) is 84.0 Å². The van der Waals surface area contributed by atoms with E-state index in [1.807, 2.05) is 13.8 Å². The molecule has 0 fully saturated rings. The van der Waals surface area contributed by atoms with Gasteiger partial charge in [-0.25, -0.2) is 14.8 Å². The maximum Gasteiger partial charge on any atom is 0.321 e. The number of carbonyl (C=O) groups excluding carboxylic acids is 2. The second kappa shape index (κ2) is 7.06. The number of thiophene rings is 1. The quantitative estimate of drug-likeness (QED) is 0.661. The van der Waals surface area contributed by atoms with Crippen LogP contribution in [0.25, 0.3) is 10.2 Å². The van der Waals surface area contributed by atoms with Gasteiger partial charge in [0, 0.05) is 16.8 Å². The van der Waals surface area contributed by atoms with Crippen LogP contribution in [0.2, 0.25) is 0 Å². The number of rotatable bonds is 4. The average molecular weight is 338 g/mol. The first-order chi connectivity index (χ1) is 10.4. The third-order valence-electron chi connectivity index (χ3n) is 3.16. The molecular formula is C14H18N4O2S2. The van der Waals surface area contributed by atoms with E-state index in [2.05, 4.69) is 20.6 Å². The summed E-state index contributed by atoms with van der Waals surface area (Å²) in [5, 5.41) is 6.18. The summed E-state index contributed by atoms with van der Waals surface area (Å²) in [6.07, 6.45) is 1.51. The molecule has 118 valence electrons. The Bertz CT molecular complexity index is 714. The normalized spacial score (nSPS) is 12.2. The first-order valence-electron chi connectivity index (χ1n) is 6.90. The average Bonchev–Trinajstić information content (AvgIpc) is 2.75. The predicted octanol–water partition coefficient (Wildman–Crippen LogP) is 2.63. The molecule has 2 aromatic rings. The zero-order valence-electron chi connectivity index (χ0n) is 12.9. The Morgan fingerprint density at radius 3 is 2.77 bits per heavy atom. The SMILES string of the molecule is CCNC(=O)NC(=O)[C@@H](C)Sc1ncnc2sc(C)c(C)c12. The van der Waals surface area contributed by atoms with Gasteiger partial charge < -0.3 is 5.32 Å². The summed E-state index contributed by atoms with van der Waals surface area (Å²) < 4.78 is 0. The number of imide groups is 1. The Labute approximate surface area is 137 Å². The van der Waals surface area contributed by atoms with E-state index < -0.39 is 11.3 Å². The lowest BCUT2D eigenvalue weighted by Gasteiger charge is -2.11. The molecule has 0 saturated heterocycles. The van der Waals surface area contributed by atoms with Crippen LogP contribution in [0.4, 0.5) is 4.79 Å². The molecule has 2 N–H and O–H groups in total. The number of hydrogen-bond donors (Lipinski definition) is 2. The molecule has 0 unspecified atom stereocenters. The molecule has 2 rings (SSSR count). The molecule has 0 aliphatic rings. The van der Waals surface area contributed by atoms with E-state index in [1.165, 1.54) is 23.0 Å². The van der Waals surface area contributed by atoms with E-state index in [0.29, 0.717) is 6.54 Å². The minimum atomic E-state index is -0.477. The second-order valence-electron chi connectivity index (χ2n) is 4.75. The van der Waals surface area contributed by atoms with Gasteiger partial charge in [0.15, 0.2) is 0 Å². The number of nitrogens with one attached hydrogen (secondary N) is 2. The molecule has 0 saturated carbocycles. The van der Waals surface area contributed by atoms with E-state index in [1.54, 1.807) is 25.2 Å². The van der Waals surface area contributed by atoms with Gasteiger partial charge in [0.05, 0.1) is 5.25 Å². The van der Waals surface area contributed by atoms with Crippen LogP contribution in [0.1, 0.15) is 24.3 Å². The van der Waals surface area contributed by atoms with Crippen molar-refractivity contribution in [2.24, 2.45) is 0 Å². The maximum atomic E-state index is 12.0. The zero-order valence-corrected chi connectivity index (χ0v) is 14.5. The lowest BCUT2D eigenvalue weighted by atomic mass is 10.2. The van der Waals surface area contributed by atoms with Crippen LogP contribution in [-0.4, -0.2) is 33.7 Å². The van der Waals surface area contributed by atoms with Crippen molar-refractivity contribution in [1.82, 2.24) is 20.6 Å². The molecule has 0 spiro atoms. The molecule has 2 heterocycles. The van der Waals surface area contributed by atoms with Crippen molar-refractivity contribution in [1.29, 1.82) is 0 Å². The van der Waals surface area contributed by atoms with Crippen molar-refractivity contribution < 1.29 is 9.59 Å². The number of carbonyl (C=O) groups is 2. The number of fused-ring (bicyclic) bond motifs is 1. The number of thioether (sulfide) groups is 1. The van der Waals surface area contributed by atoms with Gasteiger partial charge in [0.2, 0.25) is 5.91 Å². The molecule has 3 amide bonds. The third kappa shape index (κ3) is 3.56. The highest BCUT2D eigenvalue weighted by molar-refractivity contribution is 8.00. The maximum absolute atomic E-state index is 12.0. The second-order valence-corrected chi connectivity index (χ2v) is 7.28. The lowest BCUT2D eigenvalue weighted by molar-refractivity contribution is -0.119. The monoisotopic (exact) mass is 338 g/mol. The van der Waals surface area contributed by atoms with Gasteiger partial charge in [-0.1, -0.05) is 11.8 Å². The Morgan fingerprint density at radius 1 is 1.36 bits per heavy atom. The molecule has 6 nitrogen and oxygen atoms in total. The molecular weight excluding hydrogens is 320 g/mol. The summed E-state index contributed by atoms with van der Waals surface area (Å²) in [5.41, 5.74) is 1.14. The highest BCUT2D eigenvalue weighted by Gasteiger charge is 2.20. The third-order valence-corrected chi connectivity index (χ3v) is 5.38. The fourth-order valence-electron chi connectivity index (χ4n) is 1.88. The van der Waals surface area contributed by atoms with E-state index >= 15 is 0 Å². The van der Waals surface area contributed by atoms with Gasteiger partial charge in [0.25, 0.3) is 0 Å². The van der Waals surface area contributed by atoms with Crippen LogP contribution in [0, 0.1) is 13.8 Å². The van der Waals surface area contributed by atoms with E-state index in [9.17, 15) is 9.59 Å². The van der Waals surface area contributed by atoms with Gasteiger partial charge in [-0.15, -0.1) is 11.3 Å². The molecule has 2 aromatic heterocycles. The van der Waals surface area contributed by atoms with E-state index in [0.717, 1.165) is 20.8 Å². The lowest BCUT2D eigenvalue weighted by Crippen LogP contribution is -2.42. The number of hydrogen-bond acceptors (Lipinski definition) is 6. The van der Waals surface area contributed by atoms with Crippen molar-refractivity contribution in [2.45, 2.75) is 38.0 Å². The number of aryl methyl sites for hydroxylation is 2. The molecule has 22 heavy (non-hydrogen) atoms. The molecule has 0 bridgehead atoms. The summed E-state index contributed by atoms with van der Waals surface area (Å²) in [6, 6.07) is -0.477. The first kappa shape index (κ1) is 16.7. The minimum Gasteiger partial charge on any atom is -0.338 e. The Morgan fingerprint density at radius 2 is 2.09 bits per heavy atom. The summed E-state index contributed by atoms with van der Waals surface area (Å²) >= 11 is 2.95. The van der Waals surface area contributed by atoms with Crippen molar-refractivity contribution in [3.05, 3.63) is 16.8 Å². The van der Waals surface area contributed by atoms with Crippen molar-refractivity contribution in [2.75, 3.05) is 6.54 Å². The van der Waals surface area contributed by atoms with Crippen LogP contribution >= 0.6 is 23.1 Å². The zero-order chi connectivity index (χ0) is 16.3. The molecule has 0 aromatic carbocycles. The fraction of sp³-hybridized carbons (Fsp3) is 0.429.